The summed E-state index contributed by atoms with van der Waals surface area (Å²) in [6.07, 6.45) is 8.18. The van der Waals surface area contributed by atoms with Gasteiger partial charge in [-0.05, 0) is 36.5 Å². The van der Waals surface area contributed by atoms with Gasteiger partial charge < -0.3 is 9.84 Å². The number of benzene rings is 1. The van der Waals surface area contributed by atoms with E-state index >= 15 is 0 Å². The smallest absolute Gasteiger partial charge is 0.338 e. The Labute approximate surface area is 132 Å². The van der Waals surface area contributed by atoms with E-state index in [2.05, 4.69) is 19.1 Å². The van der Waals surface area contributed by atoms with E-state index < -0.39 is 0 Å². The van der Waals surface area contributed by atoms with Gasteiger partial charge in [0.2, 0.25) is 0 Å². The summed E-state index contributed by atoms with van der Waals surface area (Å²) in [4.78, 5) is 11.9. The van der Waals surface area contributed by atoms with Crippen LogP contribution in [-0.2, 0) is 4.74 Å². The average molecular weight is 300 g/mol. The van der Waals surface area contributed by atoms with Crippen molar-refractivity contribution < 1.29 is 14.6 Å². The minimum absolute atomic E-state index is 0.229. The fraction of sp³-hybridized carbons (Fsp3) is 0.526. The lowest BCUT2D eigenvalue weighted by Gasteiger charge is -2.18. The van der Waals surface area contributed by atoms with Gasteiger partial charge in [-0.3, -0.25) is 0 Å². The fourth-order valence-corrected chi connectivity index (χ4v) is 3.65. The van der Waals surface area contributed by atoms with Crippen molar-refractivity contribution in [1.29, 1.82) is 0 Å². The Morgan fingerprint density at radius 2 is 2.00 bits per heavy atom. The second-order valence-corrected chi connectivity index (χ2v) is 6.42. The molecule has 1 aromatic carbocycles. The molecular weight excluding hydrogens is 276 g/mol. The normalized spacial score (nSPS) is 29.0. The number of fused-ring (bicyclic) bond motifs is 2. The molecule has 1 saturated carbocycles. The molecule has 3 heteroatoms. The van der Waals surface area contributed by atoms with Crippen molar-refractivity contribution in [3.8, 4) is 0 Å². The second kappa shape index (κ2) is 6.66. The maximum absolute atomic E-state index is 11.9. The van der Waals surface area contributed by atoms with Crippen LogP contribution in [0.5, 0.6) is 0 Å². The van der Waals surface area contributed by atoms with Gasteiger partial charge >= 0.3 is 5.97 Å². The first kappa shape index (κ1) is 15.3. The van der Waals surface area contributed by atoms with E-state index in [1.54, 1.807) is 0 Å². The first-order valence-corrected chi connectivity index (χ1v) is 8.34. The van der Waals surface area contributed by atoms with Crippen molar-refractivity contribution in [2.75, 3.05) is 6.61 Å². The summed E-state index contributed by atoms with van der Waals surface area (Å²) in [6.45, 7) is 2.63. The quantitative estimate of drug-likeness (QED) is 0.495. The zero-order valence-corrected chi connectivity index (χ0v) is 13.1. The van der Waals surface area contributed by atoms with Gasteiger partial charge in [0.25, 0.3) is 0 Å². The maximum atomic E-state index is 11.9. The molecule has 0 aliphatic heterocycles. The number of aliphatic hydroxyl groups is 1. The number of esters is 1. The standard InChI is InChI=1S/C19H24O3/c1-2-3-4-11-22-19(21)14-7-5-13(6-8-14)17-12-15-9-10-16(17)18(15)20/h5-10,15-18,20H,2-4,11-12H2,1H3. The molecular formula is C19H24O3. The van der Waals surface area contributed by atoms with E-state index in [9.17, 15) is 9.90 Å². The van der Waals surface area contributed by atoms with E-state index in [1.165, 1.54) is 5.56 Å². The van der Waals surface area contributed by atoms with Crippen LogP contribution in [0.4, 0.5) is 0 Å². The number of unbranched alkanes of at least 4 members (excludes halogenated alkanes) is 2. The minimum atomic E-state index is -0.240. The van der Waals surface area contributed by atoms with Crippen LogP contribution < -0.4 is 0 Å². The highest BCUT2D eigenvalue weighted by molar-refractivity contribution is 5.89. The molecule has 0 radical (unpaired) electrons. The van der Waals surface area contributed by atoms with Crippen LogP contribution in [0.25, 0.3) is 0 Å². The van der Waals surface area contributed by atoms with E-state index in [-0.39, 0.29) is 18.0 Å². The molecule has 118 valence electrons. The summed E-state index contributed by atoms with van der Waals surface area (Å²) in [5.41, 5.74) is 1.82. The molecule has 22 heavy (non-hydrogen) atoms. The zero-order valence-electron chi connectivity index (χ0n) is 13.1. The third-order valence-corrected chi connectivity index (χ3v) is 4.96. The molecule has 1 aromatic rings. The predicted octanol–water partition coefficient (Wildman–Crippen LogP) is 3.68. The summed E-state index contributed by atoms with van der Waals surface area (Å²) in [5.74, 6) is 0.671. The highest BCUT2D eigenvalue weighted by Crippen LogP contribution is 2.48. The first-order valence-electron chi connectivity index (χ1n) is 8.34. The molecule has 1 N–H and O–H groups in total. The lowest BCUT2D eigenvalue weighted by molar-refractivity contribution is 0.0498. The van der Waals surface area contributed by atoms with Crippen LogP contribution in [0.3, 0.4) is 0 Å². The van der Waals surface area contributed by atoms with Gasteiger partial charge in [-0.15, -0.1) is 0 Å². The highest BCUT2D eigenvalue weighted by atomic mass is 16.5. The van der Waals surface area contributed by atoms with Crippen molar-refractivity contribution >= 4 is 5.97 Å². The maximum Gasteiger partial charge on any atom is 0.338 e. The summed E-state index contributed by atoms with van der Waals surface area (Å²) in [5, 5.41) is 10.1. The Bertz CT molecular complexity index is 546. The highest BCUT2D eigenvalue weighted by Gasteiger charge is 2.44. The second-order valence-electron chi connectivity index (χ2n) is 6.42. The third-order valence-electron chi connectivity index (χ3n) is 4.96. The van der Waals surface area contributed by atoms with Crippen LogP contribution in [-0.4, -0.2) is 23.8 Å². The SMILES string of the molecule is CCCCCOC(=O)c1ccc(C2CC3C=CC2C3O)cc1. The Hall–Kier alpha value is -1.61. The monoisotopic (exact) mass is 300 g/mol. The van der Waals surface area contributed by atoms with Crippen LogP contribution in [0, 0.1) is 11.8 Å². The lowest BCUT2D eigenvalue weighted by atomic mass is 9.86. The molecule has 0 saturated heterocycles. The molecule has 4 atom stereocenters. The Morgan fingerprint density at radius 1 is 1.23 bits per heavy atom. The topological polar surface area (TPSA) is 46.5 Å². The van der Waals surface area contributed by atoms with Crippen molar-refractivity contribution in [3.63, 3.8) is 0 Å². The molecule has 0 spiro atoms. The minimum Gasteiger partial charge on any atom is -0.462 e. The van der Waals surface area contributed by atoms with E-state index in [0.717, 1.165) is 25.7 Å². The van der Waals surface area contributed by atoms with E-state index in [0.29, 0.717) is 24.0 Å². The molecule has 1 fully saturated rings. The largest absolute Gasteiger partial charge is 0.462 e. The van der Waals surface area contributed by atoms with Crippen molar-refractivity contribution in [2.45, 2.75) is 44.6 Å². The van der Waals surface area contributed by atoms with Gasteiger partial charge in [-0.2, -0.15) is 0 Å². The van der Waals surface area contributed by atoms with Crippen LogP contribution in [0.1, 0.15) is 54.4 Å². The number of carbonyl (C=O) groups excluding carboxylic acids is 1. The number of rotatable bonds is 6. The summed E-state index contributed by atoms with van der Waals surface area (Å²) < 4.78 is 5.27. The first-order chi connectivity index (χ1) is 10.7. The van der Waals surface area contributed by atoms with Gasteiger partial charge in [0.1, 0.15) is 0 Å². The summed E-state index contributed by atoms with van der Waals surface area (Å²) in [6, 6.07) is 7.71. The van der Waals surface area contributed by atoms with Gasteiger partial charge in [-0.25, -0.2) is 4.79 Å². The number of aliphatic hydroxyl groups excluding tert-OH is 1. The van der Waals surface area contributed by atoms with Crippen molar-refractivity contribution in [1.82, 2.24) is 0 Å². The number of carbonyl (C=O) groups is 1. The molecule has 4 unspecified atom stereocenters. The molecule has 2 aliphatic carbocycles. The van der Waals surface area contributed by atoms with Gasteiger partial charge in [0.15, 0.2) is 0 Å². The average Bonchev–Trinajstić information content (AvgIpc) is 3.06. The van der Waals surface area contributed by atoms with Crippen molar-refractivity contribution in [2.24, 2.45) is 11.8 Å². The predicted molar refractivity (Wildman–Crippen MR) is 85.7 cm³/mol. The lowest BCUT2D eigenvalue weighted by Crippen LogP contribution is -2.15. The third kappa shape index (κ3) is 2.95. The summed E-state index contributed by atoms with van der Waals surface area (Å²) in [7, 11) is 0. The van der Waals surface area contributed by atoms with Crippen LogP contribution >= 0.6 is 0 Å². The Kier molecular flexibility index (Phi) is 4.63. The molecule has 3 rings (SSSR count). The van der Waals surface area contributed by atoms with E-state index in [1.807, 2.05) is 24.3 Å². The van der Waals surface area contributed by atoms with Gasteiger partial charge in [-0.1, -0.05) is 44.1 Å². The molecule has 2 aliphatic rings. The number of ether oxygens (including phenoxy) is 1. The molecule has 0 heterocycles. The van der Waals surface area contributed by atoms with Gasteiger partial charge in [0, 0.05) is 11.8 Å². The molecule has 0 aromatic heterocycles. The van der Waals surface area contributed by atoms with Crippen LogP contribution in [0.15, 0.2) is 36.4 Å². The molecule has 3 nitrogen and oxygen atoms in total. The van der Waals surface area contributed by atoms with Gasteiger partial charge in [0.05, 0.1) is 18.3 Å². The zero-order chi connectivity index (χ0) is 15.5. The summed E-state index contributed by atoms with van der Waals surface area (Å²) >= 11 is 0. The number of hydrogen-bond donors (Lipinski definition) is 1. The number of hydrogen-bond acceptors (Lipinski definition) is 3. The van der Waals surface area contributed by atoms with Crippen molar-refractivity contribution in [3.05, 3.63) is 47.5 Å². The van der Waals surface area contributed by atoms with Crippen LogP contribution in [0.2, 0.25) is 0 Å². The Morgan fingerprint density at radius 3 is 2.59 bits per heavy atom. The fourth-order valence-electron chi connectivity index (χ4n) is 3.65. The van der Waals surface area contributed by atoms with E-state index in [4.69, 9.17) is 4.74 Å². The Balaban J connectivity index is 1.59. The molecule has 0 amide bonds. The molecule has 2 bridgehead atoms.